The second-order valence-electron chi connectivity index (χ2n) is 4.20. The lowest BCUT2D eigenvalue weighted by Gasteiger charge is -2.21. The van der Waals surface area contributed by atoms with Gasteiger partial charge in [-0.1, -0.05) is 25.1 Å². The highest BCUT2D eigenvalue weighted by atomic mass is 15.2. The van der Waals surface area contributed by atoms with Gasteiger partial charge in [0.2, 0.25) is 0 Å². The van der Waals surface area contributed by atoms with Crippen LogP contribution in [0.5, 0.6) is 0 Å². The number of nitrogens with one attached hydrogen (secondary N) is 1. The first-order valence-electron chi connectivity index (χ1n) is 5.85. The molecule has 15 heavy (non-hydrogen) atoms. The molecule has 82 valence electrons. The smallest absolute Gasteiger partial charge is 0.0399 e. The molecule has 0 aliphatic carbocycles. The first-order valence-corrected chi connectivity index (χ1v) is 5.85. The molecule has 0 radical (unpaired) electrons. The quantitative estimate of drug-likeness (QED) is 0.810. The zero-order valence-corrected chi connectivity index (χ0v) is 9.66. The molecule has 1 N–H and O–H groups in total. The molecular weight excluding hydrogens is 184 g/mol. The maximum atomic E-state index is 3.36. The van der Waals surface area contributed by atoms with Gasteiger partial charge in [0.15, 0.2) is 0 Å². The summed E-state index contributed by atoms with van der Waals surface area (Å²) in [4.78, 5) is 2.50. The second kappa shape index (κ2) is 4.67. The number of rotatable bonds is 3. The highest BCUT2D eigenvalue weighted by Gasteiger charge is 2.22. The Morgan fingerprint density at radius 1 is 1.40 bits per heavy atom. The largest absolute Gasteiger partial charge is 0.370 e. The summed E-state index contributed by atoms with van der Waals surface area (Å²) in [5.41, 5.74) is 2.90. The topological polar surface area (TPSA) is 15.3 Å². The molecule has 0 saturated carbocycles. The fourth-order valence-electron chi connectivity index (χ4n) is 2.33. The van der Waals surface area contributed by atoms with Gasteiger partial charge in [0.25, 0.3) is 0 Å². The maximum absolute atomic E-state index is 3.36. The summed E-state index contributed by atoms with van der Waals surface area (Å²) in [6.45, 7) is 4.56. The summed E-state index contributed by atoms with van der Waals surface area (Å²) < 4.78 is 0. The normalized spacial score (nSPS) is 20.9. The lowest BCUT2D eigenvalue weighted by atomic mass is 10.1. The Labute approximate surface area is 92.3 Å². The molecule has 2 heteroatoms. The molecule has 1 fully saturated rings. The van der Waals surface area contributed by atoms with Crippen molar-refractivity contribution in [3.63, 3.8) is 0 Å². The average Bonchev–Trinajstić information content (AvgIpc) is 2.77. The van der Waals surface area contributed by atoms with E-state index < -0.39 is 0 Å². The monoisotopic (exact) mass is 204 g/mol. The predicted molar refractivity (Wildman–Crippen MR) is 65.5 cm³/mol. The Morgan fingerprint density at radius 2 is 2.20 bits per heavy atom. The minimum Gasteiger partial charge on any atom is -0.370 e. The summed E-state index contributed by atoms with van der Waals surface area (Å²) in [6, 6.07) is 9.42. The highest BCUT2D eigenvalue weighted by molar-refractivity contribution is 5.54. The third kappa shape index (κ3) is 2.15. The van der Waals surface area contributed by atoms with Crippen LogP contribution < -0.4 is 10.2 Å². The average molecular weight is 204 g/mol. The summed E-state index contributed by atoms with van der Waals surface area (Å²) in [5, 5.41) is 3.36. The molecule has 1 heterocycles. The van der Waals surface area contributed by atoms with Crippen LogP contribution in [0.4, 0.5) is 5.69 Å². The Bertz CT molecular complexity index is 322. The third-order valence-electron chi connectivity index (χ3n) is 3.31. The Kier molecular flexibility index (Phi) is 3.27. The van der Waals surface area contributed by atoms with Crippen LogP contribution in [-0.2, 0) is 6.42 Å². The molecule has 0 aromatic heterocycles. The predicted octanol–water partition coefficient (Wildman–Crippen LogP) is 2.05. The van der Waals surface area contributed by atoms with Crippen molar-refractivity contribution in [2.24, 2.45) is 0 Å². The van der Waals surface area contributed by atoms with Crippen LogP contribution in [0.1, 0.15) is 18.9 Å². The van der Waals surface area contributed by atoms with Gasteiger partial charge in [0.1, 0.15) is 0 Å². The van der Waals surface area contributed by atoms with Gasteiger partial charge in [-0.2, -0.15) is 0 Å². The Hall–Kier alpha value is -1.02. The van der Waals surface area contributed by atoms with Crippen LogP contribution >= 0.6 is 0 Å². The van der Waals surface area contributed by atoms with E-state index in [1.165, 1.54) is 24.2 Å². The molecule has 1 unspecified atom stereocenters. The number of hydrogen-bond donors (Lipinski definition) is 1. The van der Waals surface area contributed by atoms with E-state index in [-0.39, 0.29) is 0 Å². The van der Waals surface area contributed by atoms with Crippen molar-refractivity contribution >= 4 is 5.69 Å². The van der Waals surface area contributed by atoms with Crippen LogP contribution in [0, 0.1) is 0 Å². The standard InChI is InChI=1S/C13H20N2/c1-3-11-6-4-5-7-13(11)15-9-8-12(10-15)14-2/h4-7,12,14H,3,8-10H2,1-2H3. The van der Waals surface area contributed by atoms with E-state index in [1.54, 1.807) is 0 Å². The van der Waals surface area contributed by atoms with Gasteiger partial charge >= 0.3 is 0 Å². The molecule has 1 aromatic carbocycles. The molecule has 1 atom stereocenters. The molecule has 1 aliphatic rings. The van der Waals surface area contributed by atoms with Crippen molar-refractivity contribution in [1.82, 2.24) is 5.32 Å². The van der Waals surface area contributed by atoms with Crippen molar-refractivity contribution in [3.8, 4) is 0 Å². The number of aryl methyl sites for hydroxylation is 1. The van der Waals surface area contributed by atoms with E-state index in [2.05, 4.69) is 48.5 Å². The van der Waals surface area contributed by atoms with Crippen LogP contribution in [-0.4, -0.2) is 26.2 Å². The van der Waals surface area contributed by atoms with Gasteiger partial charge in [0.05, 0.1) is 0 Å². The highest BCUT2D eigenvalue weighted by Crippen LogP contribution is 2.24. The van der Waals surface area contributed by atoms with Crippen molar-refractivity contribution < 1.29 is 0 Å². The van der Waals surface area contributed by atoms with Crippen LogP contribution in [0.15, 0.2) is 24.3 Å². The number of benzene rings is 1. The number of anilines is 1. The van der Waals surface area contributed by atoms with Crippen LogP contribution in [0.3, 0.4) is 0 Å². The Balaban J connectivity index is 2.16. The van der Waals surface area contributed by atoms with Gasteiger partial charge < -0.3 is 10.2 Å². The van der Waals surface area contributed by atoms with Crippen LogP contribution in [0.25, 0.3) is 0 Å². The molecule has 0 spiro atoms. The van der Waals surface area contributed by atoms with Gasteiger partial charge in [-0.15, -0.1) is 0 Å². The molecule has 1 aromatic rings. The van der Waals surface area contributed by atoms with Crippen molar-refractivity contribution in [3.05, 3.63) is 29.8 Å². The molecule has 0 amide bonds. The lowest BCUT2D eigenvalue weighted by molar-refractivity contribution is 0.617. The Morgan fingerprint density at radius 3 is 2.87 bits per heavy atom. The molecule has 0 bridgehead atoms. The van der Waals surface area contributed by atoms with E-state index in [1.807, 2.05) is 0 Å². The van der Waals surface area contributed by atoms with Gasteiger partial charge in [0, 0.05) is 24.8 Å². The van der Waals surface area contributed by atoms with E-state index in [4.69, 9.17) is 0 Å². The SMILES string of the molecule is CCc1ccccc1N1CCC(NC)C1. The second-order valence-corrected chi connectivity index (χ2v) is 4.20. The summed E-state index contributed by atoms with van der Waals surface area (Å²) in [5.74, 6) is 0. The number of likely N-dealkylation sites (N-methyl/N-ethyl adjacent to an activating group) is 1. The molecule has 2 nitrogen and oxygen atoms in total. The van der Waals surface area contributed by atoms with Gasteiger partial charge in [-0.25, -0.2) is 0 Å². The number of hydrogen-bond acceptors (Lipinski definition) is 2. The zero-order valence-electron chi connectivity index (χ0n) is 9.66. The first-order chi connectivity index (χ1) is 7.35. The van der Waals surface area contributed by atoms with Crippen molar-refractivity contribution in [2.45, 2.75) is 25.8 Å². The molecule has 1 saturated heterocycles. The zero-order chi connectivity index (χ0) is 10.7. The van der Waals surface area contributed by atoms with Crippen molar-refractivity contribution in [2.75, 3.05) is 25.0 Å². The van der Waals surface area contributed by atoms with Gasteiger partial charge in [-0.3, -0.25) is 0 Å². The summed E-state index contributed by atoms with van der Waals surface area (Å²) in [7, 11) is 2.06. The fourth-order valence-corrected chi connectivity index (χ4v) is 2.33. The summed E-state index contributed by atoms with van der Waals surface area (Å²) >= 11 is 0. The first kappa shape index (κ1) is 10.5. The minimum absolute atomic E-state index is 0.662. The maximum Gasteiger partial charge on any atom is 0.0399 e. The lowest BCUT2D eigenvalue weighted by Crippen LogP contribution is -2.29. The minimum atomic E-state index is 0.662. The molecule has 1 aliphatic heterocycles. The van der Waals surface area contributed by atoms with E-state index in [0.29, 0.717) is 6.04 Å². The number of nitrogens with zero attached hydrogens (tertiary/aromatic N) is 1. The number of para-hydroxylation sites is 1. The van der Waals surface area contributed by atoms with E-state index in [0.717, 1.165) is 13.0 Å². The fraction of sp³-hybridized carbons (Fsp3) is 0.538. The molecule has 2 rings (SSSR count). The third-order valence-corrected chi connectivity index (χ3v) is 3.31. The van der Waals surface area contributed by atoms with E-state index in [9.17, 15) is 0 Å². The van der Waals surface area contributed by atoms with Crippen molar-refractivity contribution in [1.29, 1.82) is 0 Å². The molecular formula is C13H20N2. The van der Waals surface area contributed by atoms with Crippen LogP contribution in [0.2, 0.25) is 0 Å². The van der Waals surface area contributed by atoms with E-state index >= 15 is 0 Å². The summed E-state index contributed by atoms with van der Waals surface area (Å²) in [6.07, 6.45) is 2.38. The van der Waals surface area contributed by atoms with Gasteiger partial charge in [-0.05, 0) is 31.5 Å².